The van der Waals surface area contributed by atoms with Gasteiger partial charge in [0, 0.05) is 33.9 Å². The molecule has 0 saturated carbocycles. The van der Waals surface area contributed by atoms with Crippen molar-refractivity contribution in [2.75, 3.05) is 9.80 Å². The van der Waals surface area contributed by atoms with Crippen LogP contribution in [0, 0.1) is 0 Å². The van der Waals surface area contributed by atoms with Gasteiger partial charge in [-0.25, -0.2) is 0 Å². The molecular formula is C74H52N2. The molecule has 0 bridgehead atoms. The fourth-order valence-corrected chi connectivity index (χ4v) is 12.3. The topological polar surface area (TPSA) is 6.48 Å². The molecule has 11 aromatic carbocycles. The van der Waals surface area contributed by atoms with Crippen molar-refractivity contribution in [2.24, 2.45) is 0 Å². The molecule has 0 N–H and O–H groups in total. The lowest BCUT2D eigenvalue weighted by molar-refractivity contribution is 0.793. The molecule has 1 atom stereocenters. The molecule has 1 unspecified atom stereocenters. The van der Waals surface area contributed by atoms with Gasteiger partial charge in [0.15, 0.2) is 0 Å². The minimum atomic E-state index is -0.608. The first-order valence-corrected chi connectivity index (χ1v) is 26.4. The summed E-state index contributed by atoms with van der Waals surface area (Å²) in [4.78, 5) is 4.95. The Balaban J connectivity index is 0.970. The Morgan fingerprint density at radius 3 is 1.01 bits per heavy atom. The number of rotatable bonds is 10. The summed E-state index contributed by atoms with van der Waals surface area (Å²) in [6.07, 6.45) is 11.7. The fourth-order valence-electron chi connectivity index (χ4n) is 12.3. The van der Waals surface area contributed by atoms with Crippen molar-refractivity contribution >= 4 is 39.7 Å². The van der Waals surface area contributed by atoms with Gasteiger partial charge >= 0.3 is 0 Å². The Bertz CT molecular complexity index is 3940. The largest absolute Gasteiger partial charge is 0.310 e. The van der Waals surface area contributed by atoms with Gasteiger partial charge in [-0.15, -0.1) is 0 Å². The van der Waals surface area contributed by atoms with Crippen molar-refractivity contribution < 1.29 is 0 Å². The number of fused-ring (bicyclic) bond motifs is 10. The molecule has 358 valence electrons. The third-order valence-corrected chi connectivity index (χ3v) is 15.8. The first-order chi connectivity index (χ1) is 37.7. The summed E-state index contributed by atoms with van der Waals surface area (Å²) >= 11 is 0. The third-order valence-electron chi connectivity index (χ3n) is 15.8. The normalized spacial score (nSPS) is 14.6. The number of hydrogen-bond donors (Lipinski definition) is 0. The van der Waals surface area contributed by atoms with Crippen LogP contribution in [-0.4, -0.2) is 0 Å². The first kappa shape index (κ1) is 44.9. The van der Waals surface area contributed by atoms with Crippen molar-refractivity contribution in [1.82, 2.24) is 0 Å². The maximum Gasteiger partial charge on any atom is 0.0727 e. The zero-order valence-electron chi connectivity index (χ0n) is 42.0. The lowest BCUT2D eigenvalue weighted by Crippen LogP contribution is -2.26. The van der Waals surface area contributed by atoms with E-state index in [1.54, 1.807) is 0 Å². The molecule has 1 spiro atoms. The molecule has 2 heteroatoms. The van der Waals surface area contributed by atoms with E-state index >= 15 is 0 Å². The van der Waals surface area contributed by atoms with E-state index in [1.165, 1.54) is 89.0 Å². The Morgan fingerprint density at radius 2 is 0.605 bits per heavy atom. The summed E-state index contributed by atoms with van der Waals surface area (Å²) in [5.41, 5.74) is 25.9. The van der Waals surface area contributed by atoms with Crippen LogP contribution in [0.15, 0.2) is 303 Å². The Labute approximate surface area is 445 Å². The van der Waals surface area contributed by atoms with Crippen LogP contribution in [0.25, 0.3) is 61.2 Å². The average Bonchev–Trinajstić information content (AvgIpc) is 4.04. The monoisotopic (exact) mass is 968 g/mol. The van der Waals surface area contributed by atoms with Crippen LogP contribution in [0.3, 0.4) is 0 Å². The lowest BCUT2D eigenvalue weighted by atomic mass is 9.70. The van der Waals surface area contributed by atoms with Crippen molar-refractivity contribution in [3.05, 3.63) is 331 Å². The smallest absolute Gasteiger partial charge is 0.0727 e. The van der Waals surface area contributed by atoms with E-state index in [9.17, 15) is 0 Å². The highest BCUT2D eigenvalue weighted by Crippen LogP contribution is 2.66. The van der Waals surface area contributed by atoms with Crippen molar-refractivity contribution in [2.45, 2.75) is 11.8 Å². The first-order valence-electron chi connectivity index (χ1n) is 26.4. The van der Waals surface area contributed by atoms with Crippen LogP contribution in [0.2, 0.25) is 0 Å². The van der Waals surface area contributed by atoms with Crippen LogP contribution in [0.1, 0.15) is 34.2 Å². The molecule has 14 rings (SSSR count). The number of nitrogens with zero attached hydrogens (tertiary/aromatic N) is 2. The lowest BCUT2D eigenvalue weighted by Gasteiger charge is -2.32. The minimum absolute atomic E-state index is 0.608. The van der Waals surface area contributed by atoms with Gasteiger partial charge in [0.05, 0.1) is 16.8 Å². The molecule has 11 aromatic rings. The SMILES string of the molecule is C1=CC=C(c2ccc(N(c3ccc(-c4ccccc4)cc3)c3cccc4c3-c3ccccc3C43c4ccccc4-c4c(N(c5ccc(-c6ccccc6)cc5)c5ccc(-c6ccccc6)cc5)cccc43)cc2)CC=C1. The minimum Gasteiger partial charge on any atom is -0.310 e. The Morgan fingerprint density at radius 1 is 0.263 bits per heavy atom. The average molecular weight is 969 g/mol. The van der Waals surface area contributed by atoms with Crippen molar-refractivity contribution in [3.8, 4) is 55.6 Å². The second-order valence-electron chi connectivity index (χ2n) is 19.9. The summed E-state index contributed by atoms with van der Waals surface area (Å²) in [6.45, 7) is 0. The number of anilines is 6. The molecule has 3 aliphatic carbocycles. The highest BCUT2D eigenvalue weighted by molar-refractivity contribution is 6.04. The van der Waals surface area contributed by atoms with E-state index in [-0.39, 0.29) is 0 Å². The highest BCUT2D eigenvalue weighted by Gasteiger charge is 2.53. The van der Waals surface area contributed by atoms with E-state index < -0.39 is 5.41 Å². The van der Waals surface area contributed by atoms with Crippen LogP contribution < -0.4 is 9.80 Å². The summed E-state index contributed by atoms with van der Waals surface area (Å²) < 4.78 is 0. The molecule has 2 nitrogen and oxygen atoms in total. The van der Waals surface area contributed by atoms with E-state index in [2.05, 4.69) is 313 Å². The predicted octanol–water partition coefficient (Wildman–Crippen LogP) is 19.9. The van der Waals surface area contributed by atoms with Crippen molar-refractivity contribution in [3.63, 3.8) is 0 Å². The fraction of sp³-hybridized carbons (Fsp3) is 0.0270. The summed E-state index contributed by atoms with van der Waals surface area (Å²) in [5, 5.41) is 0. The molecule has 0 aromatic heterocycles. The standard InChI is InChI=1S/C74H52N2/c1-2-7-21-52(20-6-1)56-36-44-60(45-37-56)75(61-46-38-57(39-47-61)53-22-8-3-9-23-53)70-34-18-32-68-72(70)64-28-14-16-30-66(64)74(68)67-31-17-15-29-65(67)73-69(74)33-19-35-71(73)76(62-48-40-58(41-49-62)54-24-10-4-11-25-54)63-50-42-59(43-51-63)55-26-12-5-13-27-55/h1-20,22-51H,21H2. The van der Waals surface area contributed by atoms with Gasteiger partial charge in [-0.1, -0.05) is 243 Å². The highest BCUT2D eigenvalue weighted by atomic mass is 15.2. The zero-order chi connectivity index (χ0) is 50.4. The molecule has 0 radical (unpaired) electrons. The predicted molar refractivity (Wildman–Crippen MR) is 319 cm³/mol. The quantitative estimate of drug-likeness (QED) is 0.135. The molecule has 0 aliphatic heterocycles. The van der Waals surface area contributed by atoms with Crippen molar-refractivity contribution in [1.29, 1.82) is 0 Å². The van der Waals surface area contributed by atoms with E-state index in [4.69, 9.17) is 0 Å². The van der Waals surface area contributed by atoms with Gasteiger partial charge in [0.2, 0.25) is 0 Å². The van der Waals surface area contributed by atoms with Gasteiger partial charge in [0.25, 0.3) is 0 Å². The molecule has 0 heterocycles. The van der Waals surface area contributed by atoms with E-state index in [0.29, 0.717) is 0 Å². The number of allylic oxidation sites excluding steroid dienone is 6. The van der Waals surface area contributed by atoms with Gasteiger partial charge in [-0.05, 0) is 145 Å². The number of hydrogen-bond acceptors (Lipinski definition) is 2. The van der Waals surface area contributed by atoms with Gasteiger partial charge in [0.1, 0.15) is 0 Å². The summed E-state index contributed by atoms with van der Waals surface area (Å²) in [7, 11) is 0. The molecule has 0 fully saturated rings. The van der Waals surface area contributed by atoms with Crippen LogP contribution in [0.4, 0.5) is 34.1 Å². The van der Waals surface area contributed by atoms with Gasteiger partial charge in [-0.2, -0.15) is 0 Å². The van der Waals surface area contributed by atoms with Crippen LogP contribution in [0.5, 0.6) is 0 Å². The van der Waals surface area contributed by atoms with Crippen LogP contribution >= 0.6 is 0 Å². The zero-order valence-corrected chi connectivity index (χ0v) is 42.0. The molecule has 76 heavy (non-hydrogen) atoms. The maximum absolute atomic E-state index is 2.48. The Kier molecular flexibility index (Phi) is 11.2. The van der Waals surface area contributed by atoms with E-state index in [1.807, 2.05) is 0 Å². The second kappa shape index (κ2) is 18.9. The van der Waals surface area contributed by atoms with Gasteiger partial charge < -0.3 is 9.80 Å². The Hall–Kier alpha value is -9.76. The molecule has 0 amide bonds. The van der Waals surface area contributed by atoms with E-state index in [0.717, 1.165) is 40.5 Å². The number of benzene rings is 11. The van der Waals surface area contributed by atoms with Crippen LogP contribution in [-0.2, 0) is 5.41 Å². The molecule has 3 aliphatic rings. The second-order valence-corrected chi connectivity index (χ2v) is 19.9. The molecular weight excluding hydrogens is 917 g/mol. The summed E-state index contributed by atoms with van der Waals surface area (Å²) in [5.74, 6) is 0. The van der Waals surface area contributed by atoms with Gasteiger partial charge in [-0.3, -0.25) is 0 Å². The molecule has 0 saturated heterocycles. The third kappa shape index (κ3) is 7.49. The maximum atomic E-state index is 2.48. The summed E-state index contributed by atoms with van der Waals surface area (Å²) in [6, 6.07) is 101.